The maximum atomic E-state index is 4.50. The van der Waals surface area contributed by atoms with E-state index in [4.69, 9.17) is 0 Å². The van der Waals surface area contributed by atoms with Crippen LogP contribution in [-0.2, 0) is 0 Å². The molecule has 0 aromatic carbocycles. The highest BCUT2D eigenvalue weighted by Gasteiger charge is 2.10. The maximum Gasteiger partial charge on any atom is 0.257 e. The minimum atomic E-state index is 0.368. The van der Waals surface area contributed by atoms with E-state index in [0.717, 1.165) is 39.3 Å². The molecule has 0 saturated carbocycles. The van der Waals surface area contributed by atoms with Gasteiger partial charge in [-0.3, -0.25) is 0 Å². The summed E-state index contributed by atoms with van der Waals surface area (Å²) >= 11 is 0. The van der Waals surface area contributed by atoms with E-state index in [2.05, 4.69) is 44.6 Å². The van der Waals surface area contributed by atoms with Crippen molar-refractivity contribution in [2.24, 2.45) is 15.0 Å². The number of likely N-dealkylation sites (tertiary alicyclic amines) is 3. The van der Waals surface area contributed by atoms with Crippen molar-refractivity contribution in [3.05, 3.63) is 0 Å². The Balaban J connectivity index is 1.50. The zero-order chi connectivity index (χ0) is 20.4. The number of aromatic nitrogens is 3. The van der Waals surface area contributed by atoms with E-state index in [0.29, 0.717) is 17.8 Å². The fraction of sp³-hybridized carbons (Fsp3) is 0.714. The molecule has 4 heterocycles. The number of rotatable bonds is 6. The van der Waals surface area contributed by atoms with Gasteiger partial charge in [-0.25, -0.2) is 15.0 Å². The molecule has 0 aliphatic carbocycles. The van der Waals surface area contributed by atoms with E-state index in [-0.39, 0.29) is 0 Å². The van der Waals surface area contributed by atoms with Crippen molar-refractivity contribution in [2.75, 3.05) is 39.3 Å². The SMILES string of the molecule is C(=Nc1nc(N=CN2CCCCC2)nc(N=CN2CCCCC2)n1)N1CCCCC1. The molecule has 3 aliphatic heterocycles. The van der Waals surface area contributed by atoms with Crippen LogP contribution in [0.15, 0.2) is 15.0 Å². The van der Waals surface area contributed by atoms with E-state index >= 15 is 0 Å². The van der Waals surface area contributed by atoms with Crippen molar-refractivity contribution in [3.8, 4) is 0 Å². The molecule has 1 aromatic rings. The minimum Gasteiger partial charge on any atom is -0.362 e. The van der Waals surface area contributed by atoms with E-state index in [9.17, 15) is 0 Å². The minimum absolute atomic E-state index is 0.368. The molecule has 9 heteroatoms. The van der Waals surface area contributed by atoms with Gasteiger partial charge in [-0.15, -0.1) is 0 Å². The summed E-state index contributed by atoms with van der Waals surface area (Å²) in [6.07, 6.45) is 16.7. The first kappa shape index (κ1) is 20.7. The summed E-state index contributed by atoms with van der Waals surface area (Å²) in [4.78, 5) is 33.5. The number of aliphatic imine (C=N–C) groups is 3. The molecule has 0 spiro atoms. The topological polar surface area (TPSA) is 85.5 Å². The molecular weight excluding hydrogens is 378 g/mol. The second kappa shape index (κ2) is 11.0. The van der Waals surface area contributed by atoms with Crippen LogP contribution in [0.5, 0.6) is 0 Å². The summed E-state index contributed by atoms with van der Waals surface area (Å²) in [6, 6.07) is 0. The summed E-state index contributed by atoms with van der Waals surface area (Å²) in [5, 5.41) is 0. The van der Waals surface area contributed by atoms with Crippen LogP contribution in [-0.4, -0.2) is 87.9 Å². The van der Waals surface area contributed by atoms with Gasteiger partial charge in [0.25, 0.3) is 17.8 Å². The Kier molecular flexibility index (Phi) is 7.57. The van der Waals surface area contributed by atoms with Gasteiger partial charge < -0.3 is 14.7 Å². The zero-order valence-electron chi connectivity index (χ0n) is 17.9. The van der Waals surface area contributed by atoms with E-state index in [1.807, 2.05) is 19.0 Å². The molecule has 162 valence electrons. The van der Waals surface area contributed by atoms with Crippen LogP contribution < -0.4 is 0 Å². The number of piperidine rings is 3. The van der Waals surface area contributed by atoms with Crippen LogP contribution in [0.2, 0.25) is 0 Å². The summed E-state index contributed by atoms with van der Waals surface area (Å²) in [5.41, 5.74) is 0. The van der Waals surface area contributed by atoms with Crippen molar-refractivity contribution in [1.29, 1.82) is 0 Å². The highest BCUT2D eigenvalue weighted by molar-refractivity contribution is 5.63. The molecule has 3 aliphatic rings. The lowest BCUT2D eigenvalue weighted by atomic mass is 10.1. The normalized spacial score (nSPS) is 21.4. The third-order valence-electron chi connectivity index (χ3n) is 5.78. The third kappa shape index (κ3) is 6.47. The first-order valence-electron chi connectivity index (χ1n) is 11.5. The largest absolute Gasteiger partial charge is 0.362 e. The molecule has 0 atom stereocenters. The highest BCUT2D eigenvalue weighted by atomic mass is 15.3. The van der Waals surface area contributed by atoms with Crippen LogP contribution in [0.3, 0.4) is 0 Å². The van der Waals surface area contributed by atoms with Crippen LogP contribution >= 0.6 is 0 Å². The molecule has 0 bridgehead atoms. The quantitative estimate of drug-likeness (QED) is 0.527. The van der Waals surface area contributed by atoms with Gasteiger partial charge in [0.2, 0.25) is 0 Å². The maximum absolute atomic E-state index is 4.50. The number of hydrogen-bond donors (Lipinski definition) is 0. The summed E-state index contributed by atoms with van der Waals surface area (Å²) in [6.45, 7) is 6.22. The number of hydrogen-bond acceptors (Lipinski definition) is 6. The van der Waals surface area contributed by atoms with Crippen LogP contribution in [0, 0.1) is 0 Å². The first-order valence-corrected chi connectivity index (χ1v) is 11.5. The van der Waals surface area contributed by atoms with Gasteiger partial charge in [0, 0.05) is 39.3 Å². The monoisotopic (exact) mass is 411 g/mol. The lowest BCUT2D eigenvalue weighted by Crippen LogP contribution is -2.28. The fourth-order valence-corrected chi connectivity index (χ4v) is 4.02. The Hall–Kier alpha value is -2.58. The van der Waals surface area contributed by atoms with Gasteiger partial charge in [-0.2, -0.15) is 15.0 Å². The average molecular weight is 412 g/mol. The van der Waals surface area contributed by atoms with Crippen molar-refractivity contribution < 1.29 is 0 Å². The summed E-state index contributed by atoms with van der Waals surface area (Å²) < 4.78 is 0. The average Bonchev–Trinajstić information content (AvgIpc) is 2.82. The van der Waals surface area contributed by atoms with Crippen molar-refractivity contribution in [2.45, 2.75) is 57.8 Å². The zero-order valence-corrected chi connectivity index (χ0v) is 17.9. The molecule has 9 nitrogen and oxygen atoms in total. The molecule has 0 radical (unpaired) electrons. The molecule has 4 rings (SSSR count). The van der Waals surface area contributed by atoms with Gasteiger partial charge in [0.15, 0.2) is 0 Å². The van der Waals surface area contributed by atoms with E-state index in [1.54, 1.807) is 0 Å². The van der Waals surface area contributed by atoms with Gasteiger partial charge in [0.1, 0.15) is 0 Å². The third-order valence-corrected chi connectivity index (χ3v) is 5.78. The standard InChI is InChI=1S/C21H33N9/c1-4-10-28(11-5-1)16-22-19-25-20(23-17-29-12-6-2-7-13-29)27-21(26-19)24-18-30-14-8-3-9-15-30/h16-18H,1-15H2. The number of nitrogens with zero attached hydrogens (tertiary/aromatic N) is 9. The van der Waals surface area contributed by atoms with Crippen molar-refractivity contribution in [3.63, 3.8) is 0 Å². The second-order valence-corrected chi connectivity index (χ2v) is 8.26. The van der Waals surface area contributed by atoms with Gasteiger partial charge in [-0.1, -0.05) is 0 Å². The van der Waals surface area contributed by atoms with Gasteiger partial charge >= 0.3 is 0 Å². The van der Waals surface area contributed by atoms with Gasteiger partial charge in [-0.05, 0) is 57.8 Å². The molecule has 0 N–H and O–H groups in total. The van der Waals surface area contributed by atoms with Crippen LogP contribution in [0.25, 0.3) is 0 Å². The second-order valence-electron chi connectivity index (χ2n) is 8.26. The summed E-state index contributed by atoms with van der Waals surface area (Å²) in [7, 11) is 0. The lowest BCUT2D eigenvalue weighted by molar-refractivity contribution is 0.350. The molecule has 1 aromatic heterocycles. The Labute approximate surface area is 179 Å². The fourth-order valence-electron chi connectivity index (χ4n) is 4.02. The molecule has 0 amide bonds. The van der Waals surface area contributed by atoms with Crippen molar-refractivity contribution in [1.82, 2.24) is 29.7 Å². The highest BCUT2D eigenvalue weighted by Crippen LogP contribution is 2.17. The van der Waals surface area contributed by atoms with Crippen LogP contribution in [0.4, 0.5) is 17.8 Å². The molecule has 3 saturated heterocycles. The smallest absolute Gasteiger partial charge is 0.257 e. The molecule has 3 fully saturated rings. The Morgan fingerprint density at radius 2 is 0.700 bits per heavy atom. The Morgan fingerprint density at radius 3 is 0.967 bits per heavy atom. The Morgan fingerprint density at radius 1 is 0.433 bits per heavy atom. The molecule has 30 heavy (non-hydrogen) atoms. The lowest BCUT2D eigenvalue weighted by Gasteiger charge is -2.24. The Bertz CT molecular complexity index is 631. The molecular formula is C21H33N9. The van der Waals surface area contributed by atoms with Crippen molar-refractivity contribution >= 4 is 36.9 Å². The first-order chi connectivity index (χ1) is 14.8. The van der Waals surface area contributed by atoms with E-state index < -0.39 is 0 Å². The predicted molar refractivity (Wildman–Crippen MR) is 121 cm³/mol. The van der Waals surface area contributed by atoms with E-state index in [1.165, 1.54) is 57.8 Å². The van der Waals surface area contributed by atoms with Crippen LogP contribution in [0.1, 0.15) is 57.8 Å². The van der Waals surface area contributed by atoms with Gasteiger partial charge in [0.05, 0.1) is 19.0 Å². The predicted octanol–water partition coefficient (Wildman–Crippen LogP) is 3.31. The molecule has 0 unspecified atom stereocenters. The summed E-state index contributed by atoms with van der Waals surface area (Å²) in [5.74, 6) is 1.10.